The Morgan fingerprint density at radius 1 is 2.00 bits per heavy atom. The molecule has 48 valence electrons. The summed E-state index contributed by atoms with van der Waals surface area (Å²) in [6.45, 7) is 1.17. The first-order chi connectivity index (χ1) is 3.66. The lowest BCUT2D eigenvalue weighted by Crippen LogP contribution is -2.10. The summed E-state index contributed by atoms with van der Waals surface area (Å²) >= 11 is 1.81. The highest BCUT2D eigenvalue weighted by atomic mass is 127. The third kappa shape index (κ3) is 4.29. The summed E-state index contributed by atoms with van der Waals surface area (Å²) in [6, 6.07) is 0. The lowest BCUT2D eigenvalue weighted by Gasteiger charge is -2.00. The zero-order valence-electron chi connectivity index (χ0n) is 4.36. The molecule has 0 N–H and O–H groups in total. The van der Waals surface area contributed by atoms with Gasteiger partial charge in [-0.25, -0.2) is 4.39 Å². The van der Waals surface area contributed by atoms with Crippen LogP contribution in [0.4, 0.5) is 4.39 Å². The minimum atomic E-state index is -1.47. The highest BCUT2D eigenvalue weighted by Gasteiger charge is 2.03. The summed E-state index contributed by atoms with van der Waals surface area (Å²) in [5.74, 6) is -0.513. The average molecular weight is 232 g/mol. The van der Waals surface area contributed by atoms with Gasteiger partial charge in [0.05, 0.1) is 4.43 Å². The highest BCUT2D eigenvalue weighted by Crippen LogP contribution is 1.93. The van der Waals surface area contributed by atoms with Gasteiger partial charge in [0.25, 0.3) is 0 Å². The zero-order chi connectivity index (χ0) is 6.57. The van der Waals surface area contributed by atoms with E-state index in [0.717, 1.165) is 0 Å². The van der Waals surface area contributed by atoms with Gasteiger partial charge in [0.1, 0.15) is 0 Å². The van der Waals surface area contributed by atoms with Crippen LogP contribution in [0.5, 0.6) is 0 Å². The fourth-order valence-electron chi connectivity index (χ4n) is 0.213. The molecule has 0 rings (SSSR count). The van der Waals surface area contributed by atoms with Crippen LogP contribution < -0.4 is 0 Å². The van der Waals surface area contributed by atoms with Crippen LogP contribution in [0.25, 0.3) is 0 Å². The second-order valence-electron chi connectivity index (χ2n) is 1.17. The number of hydrogen-bond donors (Lipinski definition) is 0. The van der Waals surface area contributed by atoms with Gasteiger partial charge >= 0.3 is 5.97 Å². The molecule has 0 spiro atoms. The van der Waals surface area contributed by atoms with E-state index in [1.807, 2.05) is 0 Å². The van der Waals surface area contributed by atoms with Crippen molar-refractivity contribution >= 4 is 28.6 Å². The fraction of sp³-hybridized carbons (Fsp3) is 0.750. The Labute approximate surface area is 60.5 Å². The summed E-state index contributed by atoms with van der Waals surface area (Å²) < 4.78 is 16.0. The number of ether oxygens (including phenoxy) is 1. The largest absolute Gasteiger partial charge is 0.431 e. The fourth-order valence-corrected chi connectivity index (χ4v) is 0.392. The first-order valence-corrected chi connectivity index (χ1v) is 3.59. The molecule has 1 atom stereocenters. The van der Waals surface area contributed by atoms with Gasteiger partial charge in [-0.05, 0) is 0 Å². The van der Waals surface area contributed by atoms with E-state index in [9.17, 15) is 9.18 Å². The Bertz CT molecular complexity index is 84.1. The average Bonchev–Trinajstić information content (AvgIpc) is 1.65. The molecule has 0 saturated carbocycles. The van der Waals surface area contributed by atoms with Crippen molar-refractivity contribution in [1.29, 1.82) is 0 Å². The Balaban J connectivity index is 3.25. The quantitative estimate of drug-likeness (QED) is 0.407. The first kappa shape index (κ1) is 8.13. The molecule has 0 aromatic carbocycles. The molecular weight excluding hydrogens is 226 g/mol. The van der Waals surface area contributed by atoms with Crippen molar-refractivity contribution in [2.24, 2.45) is 0 Å². The van der Waals surface area contributed by atoms with Gasteiger partial charge in [0.2, 0.25) is 6.36 Å². The molecule has 0 aromatic heterocycles. The van der Waals surface area contributed by atoms with E-state index in [1.165, 1.54) is 6.92 Å². The molecular formula is C4H6FIO2. The standard InChI is InChI=1S/C4H6FIO2/c1-3(5)8-4(7)2-6/h3H,2H2,1H3. The van der Waals surface area contributed by atoms with Crippen molar-refractivity contribution in [3.63, 3.8) is 0 Å². The number of esters is 1. The number of alkyl halides is 2. The molecule has 0 heterocycles. The van der Waals surface area contributed by atoms with Crippen molar-refractivity contribution in [3.05, 3.63) is 0 Å². The van der Waals surface area contributed by atoms with Crippen LogP contribution in [0.15, 0.2) is 0 Å². The maximum atomic E-state index is 11.7. The Kier molecular flexibility index (Phi) is 4.12. The van der Waals surface area contributed by atoms with Gasteiger partial charge in [-0.1, -0.05) is 22.6 Å². The van der Waals surface area contributed by atoms with Gasteiger partial charge in [-0.15, -0.1) is 0 Å². The second kappa shape index (κ2) is 4.05. The Hall–Kier alpha value is 0.130. The molecule has 0 aromatic rings. The van der Waals surface area contributed by atoms with Crippen molar-refractivity contribution in [2.45, 2.75) is 13.3 Å². The molecule has 8 heavy (non-hydrogen) atoms. The lowest BCUT2D eigenvalue weighted by molar-refractivity contribution is -0.152. The minimum absolute atomic E-state index is 0.200. The molecule has 0 radical (unpaired) electrons. The van der Waals surface area contributed by atoms with E-state index in [4.69, 9.17) is 0 Å². The summed E-state index contributed by atoms with van der Waals surface area (Å²) in [5.41, 5.74) is 0. The van der Waals surface area contributed by atoms with Gasteiger partial charge in [-0.2, -0.15) is 0 Å². The summed E-state index contributed by atoms with van der Waals surface area (Å²) in [7, 11) is 0. The SMILES string of the molecule is CC(F)OC(=O)CI. The van der Waals surface area contributed by atoms with Crippen LogP contribution in [0.3, 0.4) is 0 Å². The van der Waals surface area contributed by atoms with E-state index in [1.54, 1.807) is 22.6 Å². The first-order valence-electron chi connectivity index (χ1n) is 2.06. The van der Waals surface area contributed by atoms with Crippen molar-refractivity contribution in [3.8, 4) is 0 Å². The van der Waals surface area contributed by atoms with E-state index in [2.05, 4.69) is 4.74 Å². The maximum Gasteiger partial charge on any atom is 0.318 e. The van der Waals surface area contributed by atoms with Crippen molar-refractivity contribution in [2.75, 3.05) is 4.43 Å². The van der Waals surface area contributed by atoms with Crippen LogP contribution in [0.2, 0.25) is 0 Å². The molecule has 0 bridgehead atoms. The molecule has 4 heteroatoms. The number of halogens is 2. The van der Waals surface area contributed by atoms with E-state index >= 15 is 0 Å². The third-order valence-corrected chi connectivity index (χ3v) is 1.03. The van der Waals surface area contributed by atoms with Gasteiger partial charge in [0.15, 0.2) is 0 Å². The van der Waals surface area contributed by atoms with Crippen LogP contribution in [0, 0.1) is 0 Å². The molecule has 0 amide bonds. The number of rotatable bonds is 2. The molecule has 0 saturated heterocycles. The monoisotopic (exact) mass is 232 g/mol. The number of carbonyl (C=O) groups excluding carboxylic acids is 1. The normalized spacial score (nSPS) is 12.9. The topological polar surface area (TPSA) is 26.3 Å². The predicted molar refractivity (Wildman–Crippen MR) is 35.5 cm³/mol. The smallest absolute Gasteiger partial charge is 0.318 e. The van der Waals surface area contributed by atoms with E-state index < -0.39 is 12.3 Å². The van der Waals surface area contributed by atoms with Gasteiger partial charge in [-0.3, -0.25) is 4.79 Å². The molecule has 0 aliphatic heterocycles. The molecule has 0 aliphatic carbocycles. The predicted octanol–water partition coefficient (Wildman–Crippen LogP) is 1.28. The summed E-state index contributed by atoms with van der Waals surface area (Å²) in [5, 5.41) is 0. The minimum Gasteiger partial charge on any atom is -0.431 e. The van der Waals surface area contributed by atoms with Crippen LogP contribution >= 0.6 is 22.6 Å². The Morgan fingerprint density at radius 3 is 2.62 bits per heavy atom. The zero-order valence-corrected chi connectivity index (χ0v) is 6.51. The van der Waals surface area contributed by atoms with Gasteiger partial charge < -0.3 is 4.74 Å². The van der Waals surface area contributed by atoms with Crippen LogP contribution in [-0.4, -0.2) is 16.8 Å². The molecule has 0 fully saturated rings. The Morgan fingerprint density at radius 2 is 2.50 bits per heavy atom. The van der Waals surface area contributed by atoms with E-state index in [0.29, 0.717) is 0 Å². The van der Waals surface area contributed by atoms with Crippen molar-refractivity contribution in [1.82, 2.24) is 0 Å². The van der Waals surface area contributed by atoms with E-state index in [-0.39, 0.29) is 4.43 Å². The molecule has 1 unspecified atom stereocenters. The number of hydrogen-bond acceptors (Lipinski definition) is 2. The van der Waals surface area contributed by atoms with Gasteiger partial charge in [0, 0.05) is 6.92 Å². The third-order valence-electron chi connectivity index (χ3n) is 0.403. The highest BCUT2D eigenvalue weighted by molar-refractivity contribution is 14.1. The maximum absolute atomic E-state index is 11.7. The van der Waals surface area contributed by atoms with Crippen LogP contribution in [-0.2, 0) is 9.53 Å². The second-order valence-corrected chi connectivity index (χ2v) is 1.93. The summed E-state index contributed by atoms with van der Waals surface area (Å²) in [4.78, 5) is 10.2. The molecule has 2 nitrogen and oxygen atoms in total. The number of carbonyl (C=O) groups is 1. The summed E-state index contributed by atoms with van der Waals surface area (Å²) in [6.07, 6.45) is -1.47. The van der Waals surface area contributed by atoms with Crippen LogP contribution in [0.1, 0.15) is 6.92 Å². The van der Waals surface area contributed by atoms with Crippen molar-refractivity contribution < 1.29 is 13.9 Å². The molecule has 0 aliphatic rings. The lowest BCUT2D eigenvalue weighted by atomic mass is 10.7.